The molecule has 0 aliphatic rings. The Kier molecular flexibility index (Phi) is 6.21. The van der Waals surface area contributed by atoms with Gasteiger partial charge in [0, 0.05) is 5.69 Å². The van der Waals surface area contributed by atoms with Gasteiger partial charge < -0.3 is 14.8 Å². The Morgan fingerprint density at radius 1 is 1.12 bits per heavy atom. The van der Waals surface area contributed by atoms with Crippen LogP contribution in [0.1, 0.15) is 22.8 Å². The maximum absolute atomic E-state index is 12.1. The van der Waals surface area contributed by atoms with Crippen molar-refractivity contribution in [2.75, 3.05) is 19.0 Å². The van der Waals surface area contributed by atoms with Crippen molar-refractivity contribution in [2.45, 2.75) is 13.3 Å². The number of benzene rings is 2. The zero-order chi connectivity index (χ0) is 17.5. The van der Waals surface area contributed by atoms with Crippen molar-refractivity contribution >= 4 is 29.2 Å². The van der Waals surface area contributed by atoms with E-state index in [1.165, 1.54) is 6.07 Å². The highest BCUT2D eigenvalue weighted by Crippen LogP contribution is 2.22. The lowest BCUT2D eigenvalue weighted by molar-refractivity contribution is -0.115. The molecule has 1 N–H and O–H groups in total. The fourth-order valence-corrected chi connectivity index (χ4v) is 2.30. The number of carbonyl (C=O) groups is 2. The Labute approximate surface area is 145 Å². The predicted molar refractivity (Wildman–Crippen MR) is 92.7 cm³/mol. The molecule has 1 amide bonds. The molecule has 0 aliphatic carbocycles. The van der Waals surface area contributed by atoms with E-state index < -0.39 is 5.97 Å². The summed E-state index contributed by atoms with van der Waals surface area (Å²) < 4.78 is 10.0. The number of methoxy groups -OCH3 is 1. The van der Waals surface area contributed by atoms with Gasteiger partial charge in [0.05, 0.1) is 30.7 Å². The van der Waals surface area contributed by atoms with Gasteiger partial charge in [0.15, 0.2) is 0 Å². The lowest BCUT2D eigenvalue weighted by Gasteiger charge is -2.09. The first-order valence-electron chi connectivity index (χ1n) is 7.43. The van der Waals surface area contributed by atoms with Crippen LogP contribution in [0.15, 0.2) is 42.5 Å². The van der Waals surface area contributed by atoms with Crippen LogP contribution in [-0.4, -0.2) is 25.6 Å². The molecule has 0 aromatic heterocycles. The number of anilines is 1. The number of hydrogen-bond acceptors (Lipinski definition) is 4. The molecule has 24 heavy (non-hydrogen) atoms. The maximum atomic E-state index is 12.1. The zero-order valence-corrected chi connectivity index (χ0v) is 14.2. The van der Waals surface area contributed by atoms with Gasteiger partial charge in [0.2, 0.25) is 5.91 Å². The molecule has 5 nitrogen and oxygen atoms in total. The van der Waals surface area contributed by atoms with Gasteiger partial charge in [-0.1, -0.05) is 23.7 Å². The van der Waals surface area contributed by atoms with Crippen molar-refractivity contribution in [3.63, 3.8) is 0 Å². The minimum atomic E-state index is -0.520. The summed E-state index contributed by atoms with van der Waals surface area (Å²) in [5, 5.41) is 3.03. The molecule has 126 valence electrons. The second kappa shape index (κ2) is 8.36. The second-order valence-corrected chi connectivity index (χ2v) is 5.40. The van der Waals surface area contributed by atoms with Gasteiger partial charge in [-0.05, 0) is 42.8 Å². The third-order valence-electron chi connectivity index (χ3n) is 3.27. The number of halogens is 1. The summed E-state index contributed by atoms with van der Waals surface area (Å²) in [6, 6.07) is 11.9. The molecular weight excluding hydrogens is 330 g/mol. The number of nitrogens with one attached hydrogen (secondary N) is 1. The number of ether oxygens (including phenoxy) is 2. The fourth-order valence-electron chi connectivity index (χ4n) is 2.10. The van der Waals surface area contributed by atoms with Gasteiger partial charge in [0.25, 0.3) is 0 Å². The number of carbonyl (C=O) groups excluding carboxylic acids is 2. The van der Waals surface area contributed by atoms with Crippen LogP contribution in [0.2, 0.25) is 5.02 Å². The Balaban J connectivity index is 2.05. The van der Waals surface area contributed by atoms with E-state index >= 15 is 0 Å². The van der Waals surface area contributed by atoms with Crippen LogP contribution in [0, 0.1) is 0 Å². The van der Waals surface area contributed by atoms with Crippen LogP contribution in [-0.2, 0) is 16.0 Å². The first kappa shape index (κ1) is 17.8. The SMILES string of the molecule is CCOC(=O)c1cc(NC(=O)Cc2ccc(OC)cc2)ccc1Cl. The van der Waals surface area contributed by atoms with Crippen LogP contribution in [0.25, 0.3) is 0 Å². The third kappa shape index (κ3) is 4.73. The van der Waals surface area contributed by atoms with Crippen molar-refractivity contribution in [3.8, 4) is 5.75 Å². The highest BCUT2D eigenvalue weighted by molar-refractivity contribution is 6.33. The quantitative estimate of drug-likeness (QED) is 0.809. The van der Waals surface area contributed by atoms with E-state index in [0.29, 0.717) is 5.69 Å². The molecule has 2 rings (SSSR count). The fraction of sp³-hybridized carbons (Fsp3) is 0.222. The van der Waals surface area contributed by atoms with E-state index in [4.69, 9.17) is 21.1 Å². The van der Waals surface area contributed by atoms with Crippen LogP contribution in [0.4, 0.5) is 5.69 Å². The van der Waals surface area contributed by atoms with Crippen molar-refractivity contribution in [1.29, 1.82) is 0 Å². The van der Waals surface area contributed by atoms with Crippen molar-refractivity contribution in [3.05, 3.63) is 58.6 Å². The highest BCUT2D eigenvalue weighted by Gasteiger charge is 2.13. The molecule has 0 saturated heterocycles. The number of amides is 1. The van der Waals surface area contributed by atoms with E-state index in [1.807, 2.05) is 12.1 Å². The standard InChI is InChI=1S/C18H18ClNO4/c1-3-24-18(22)15-11-13(6-9-16(15)19)20-17(21)10-12-4-7-14(23-2)8-5-12/h4-9,11H,3,10H2,1-2H3,(H,20,21). The van der Waals surface area contributed by atoms with Gasteiger partial charge in [-0.3, -0.25) is 4.79 Å². The molecule has 0 unspecified atom stereocenters. The first-order chi connectivity index (χ1) is 11.5. The van der Waals surface area contributed by atoms with Crippen molar-refractivity contribution in [2.24, 2.45) is 0 Å². The molecule has 2 aromatic carbocycles. The number of hydrogen-bond donors (Lipinski definition) is 1. The molecule has 6 heteroatoms. The van der Waals surface area contributed by atoms with E-state index in [-0.39, 0.29) is 29.5 Å². The van der Waals surface area contributed by atoms with Gasteiger partial charge in [0.1, 0.15) is 5.75 Å². The van der Waals surface area contributed by atoms with Crippen LogP contribution < -0.4 is 10.1 Å². The summed E-state index contributed by atoms with van der Waals surface area (Å²) in [7, 11) is 1.59. The summed E-state index contributed by atoms with van der Waals surface area (Å²) >= 11 is 6.00. The van der Waals surface area contributed by atoms with Crippen molar-refractivity contribution < 1.29 is 19.1 Å². The molecule has 0 spiro atoms. The van der Waals surface area contributed by atoms with E-state index in [2.05, 4.69) is 5.32 Å². The molecule has 0 atom stereocenters. The largest absolute Gasteiger partial charge is 0.497 e. The average molecular weight is 348 g/mol. The van der Waals surface area contributed by atoms with Crippen LogP contribution >= 0.6 is 11.6 Å². The Morgan fingerprint density at radius 3 is 2.46 bits per heavy atom. The molecule has 0 aliphatic heterocycles. The summed E-state index contributed by atoms with van der Waals surface area (Å²) in [5.74, 6) is 0.0157. The number of esters is 1. The zero-order valence-electron chi connectivity index (χ0n) is 13.5. The third-order valence-corrected chi connectivity index (χ3v) is 3.60. The first-order valence-corrected chi connectivity index (χ1v) is 7.80. The molecule has 0 heterocycles. The summed E-state index contributed by atoms with van der Waals surface area (Å²) in [5.41, 5.74) is 1.56. The summed E-state index contributed by atoms with van der Waals surface area (Å²) in [4.78, 5) is 24.0. The topological polar surface area (TPSA) is 64.6 Å². The van der Waals surface area contributed by atoms with Crippen molar-refractivity contribution in [1.82, 2.24) is 0 Å². The van der Waals surface area contributed by atoms with E-state index in [1.54, 1.807) is 38.3 Å². The Bertz CT molecular complexity index is 728. The predicted octanol–water partition coefficient (Wildman–Crippen LogP) is 3.71. The van der Waals surface area contributed by atoms with Gasteiger partial charge in [-0.25, -0.2) is 4.79 Å². The summed E-state index contributed by atoms with van der Waals surface area (Å²) in [6.45, 7) is 1.97. The van der Waals surface area contributed by atoms with Crippen LogP contribution in [0.3, 0.4) is 0 Å². The average Bonchev–Trinajstić information content (AvgIpc) is 2.57. The lowest BCUT2D eigenvalue weighted by Crippen LogP contribution is -2.15. The minimum Gasteiger partial charge on any atom is -0.497 e. The van der Waals surface area contributed by atoms with Crippen LogP contribution in [0.5, 0.6) is 5.75 Å². The molecular formula is C18H18ClNO4. The Hall–Kier alpha value is -2.53. The monoisotopic (exact) mass is 347 g/mol. The smallest absolute Gasteiger partial charge is 0.339 e. The Morgan fingerprint density at radius 2 is 1.83 bits per heavy atom. The van der Waals surface area contributed by atoms with Gasteiger partial charge >= 0.3 is 5.97 Å². The highest BCUT2D eigenvalue weighted by atomic mass is 35.5. The van der Waals surface area contributed by atoms with Gasteiger partial charge in [-0.15, -0.1) is 0 Å². The molecule has 0 radical (unpaired) electrons. The molecule has 0 bridgehead atoms. The maximum Gasteiger partial charge on any atom is 0.339 e. The number of rotatable bonds is 6. The molecule has 0 saturated carbocycles. The normalized spacial score (nSPS) is 10.1. The van der Waals surface area contributed by atoms with E-state index in [9.17, 15) is 9.59 Å². The summed E-state index contributed by atoms with van der Waals surface area (Å²) in [6.07, 6.45) is 0.210. The second-order valence-electron chi connectivity index (χ2n) is 4.99. The van der Waals surface area contributed by atoms with Gasteiger partial charge in [-0.2, -0.15) is 0 Å². The molecule has 0 fully saturated rings. The minimum absolute atomic E-state index is 0.197. The lowest BCUT2D eigenvalue weighted by atomic mass is 10.1. The molecule has 2 aromatic rings. The van der Waals surface area contributed by atoms with E-state index in [0.717, 1.165) is 11.3 Å².